The fraction of sp³-hybridized carbons (Fsp3) is 0.174. The van der Waals surface area contributed by atoms with Crippen LogP contribution in [0.1, 0.15) is 26.3 Å². The molecule has 1 N–H and O–H groups in total. The SMILES string of the molecule is O=C(c1ccccc1)c1ccc(N2CCN(C(=O)c3ccc(=O)[nH]c3)CC2)c([N+](=O)[O-])c1. The van der Waals surface area contributed by atoms with Crippen molar-refractivity contribution in [3.8, 4) is 0 Å². The van der Waals surface area contributed by atoms with Crippen molar-refractivity contribution in [2.45, 2.75) is 0 Å². The lowest BCUT2D eigenvalue weighted by molar-refractivity contribution is -0.384. The van der Waals surface area contributed by atoms with E-state index in [0.29, 0.717) is 43.0 Å². The van der Waals surface area contributed by atoms with Gasteiger partial charge in [0.2, 0.25) is 5.56 Å². The Morgan fingerprint density at radius 2 is 1.56 bits per heavy atom. The Labute approximate surface area is 183 Å². The van der Waals surface area contributed by atoms with Crippen molar-refractivity contribution in [1.82, 2.24) is 9.88 Å². The van der Waals surface area contributed by atoms with Gasteiger partial charge in [-0.25, -0.2) is 0 Å². The van der Waals surface area contributed by atoms with E-state index in [4.69, 9.17) is 0 Å². The number of hydrogen-bond donors (Lipinski definition) is 1. The van der Waals surface area contributed by atoms with Gasteiger partial charge in [0.15, 0.2) is 5.78 Å². The lowest BCUT2D eigenvalue weighted by atomic mass is 10.0. The number of nitro groups is 1. The standard InChI is InChI=1S/C23H20N4O5/c28-21-9-7-18(15-24-21)23(30)26-12-10-25(11-13-26)19-8-6-17(14-20(19)27(31)32)22(29)16-4-2-1-3-5-16/h1-9,14-15H,10-13H2,(H,24,28). The van der Waals surface area contributed by atoms with Gasteiger partial charge in [-0.2, -0.15) is 0 Å². The number of aromatic amines is 1. The number of carbonyl (C=O) groups excluding carboxylic acids is 2. The Kier molecular flexibility index (Phi) is 5.80. The predicted octanol–water partition coefficient (Wildman–Crippen LogP) is 2.48. The third kappa shape index (κ3) is 4.27. The van der Waals surface area contributed by atoms with Crippen molar-refractivity contribution in [3.63, 3.8) is 0 Å². The minimum Gasteiger partial charge on any atom is -0.362 e. The molecule has 3 aromatic rings. The van der Waals surface area contributed by atoms with Crippen molar-refractivity contribution >= 4 is 23.1 Å². The second kappa shape index (κ2) is 8.84. The maximum atomic E-state index is 12.7. The van der Waals surface area contributed by atoms with E-state index >= 15 is 0 Å². The third-order valence-electron chi connectivity index (χ3n) is 5.41. The van der Waals surface area contributed by atoms with Crippen LogP contribution in [-0.2, 0) is 0 Å². The van der Waals surface area contributed by atoms with Crippen LogP contribution >= 0.6 is 0 Å². The maximum Gasteiger partial charge on any atom is 0.293 e. The zero-order valence-corrected chi connectivity index (χ0v) is 17.1. The summed E-state index contributed by atoms with van der Waals surface area (Å²) in [4.78, 5) is 53.7. The summed E-state index contributed by atoms with van der Waals surface area (Å²) in [5, 5.41) is 11.7. The minimum absolute atomic E-state index is 0.146. The number of benzene rings is 2. The van der Waals surface area contributed by atoms with Crippen molar-refractivity contribution < 1.29 is 14.5 Å². The molecule has 9 heteroatoms. The molecular formula is C23H20N4O5. The fourth-order valence-electron chi connectivity index (χ4n) is 3.71. The van der Waals surface area contributed by atoms with Crippen LogP contribution in [0.15, 0.2) is 71.7 Å². The van der Waals surface area contributed by atoms with Crippen LogP contribution in [0.25, 0.3) is 0 Å². The lowest BCUT2D eigenvalue weighted by Gasteiger charge is -2.35. The number of pyridine rings is 1. The number of piperazine rings is 1. The third-order valence-corrected chi connectivity index (χ3v) is 5.41. The molecule has 4 rings (SSSR count). The number of nitro benzene ring substituents is 1. The summed E-state index contributed by atoms with van der Waals surface area (Å²) in [6.07, 6.45) is 1.38. The Morgan fingerprint density at radius 1 is 0.875 bits per heavy atom. The van der Waals surface area contributed by atoms with Gasteiger partial charge in [0.1, 0.15) is 5.69 Å². The molecule has 1 amide bonds. The van der Waals surface area contributed by atoms with Crippen LogP contribution in [0.4, 0.5) is 11.4 Å². The molecule has 2 heterocycles. The molecule has 32 heavy (non-hydrogen) atoms. The summed E-state index contributed by atoms with van der Waals surface area (Å²) in [5.41, 5.74) is 1.08. The number of H-pyrrole nitrogens is 1. The number of nitrogens with one attached hydrogen (secondary N) is 1. The largest absolute Gasteiger partial charge is 0.362 e. The Balaban J connectivity index is 1.51. The van der Waals surface area contributed by atoms with Crippen LogP contribution in [0.3, 0.4) is 0 Å². The van der Waals surface area contributed by atoms with Gasteiger partial charge in [-0.1, -0.05) is 30.3 Å². The molecule has 1 aromatic heterocycles. The van der Waals surface area contributed by atoms with E-state index in [9.17, 15) is 24.5 Å². The van der Waals surface area contributed by atoms with E-state index in [1.54, 1.807) is 47.4 Å². The summed E-state index contributed by atoms with van der Waals surface area (Å²) in [5.74, 6) is -0.490. The summed E-state index contributed by atoms with van der Waals surface area (Å²) in [6, 6.07) is 15.9. The first-order valence-corrected chi connectivity index (χ1v) is 10.1. The Bertz CT molecular complexity index is 1210. The van der Waals surface area contributed by atoms with Crippen LogP contribution in [0.5, 0.6) is 0 Å². The highest BCUT2D eigenvalue weighted by Gasteiger charge is 2.27. The Hall–Kier alpha value is -4.27. The first kappa shape index (κ1) is 21.0. The van der Waals surface area contributed by atoms with Gasteiger partial charge in [-0.05, 0) is 18.2 Å². The summed E-state index contributed by atoms with van der Waals surface area (Å²) in [6.45, 7) is 1.56. The van der Waals surface area contributed by atoms with E-state index in [-0.39, 0.29) is 28.5 Å². The van der Waals surface area contributed by atoms with E-state index in [2.05, 4.69) is 4.98 Å². The second-order valence-electron chi connectivity index (χ2n) is 7.38. The van der Waals surface area contributed by atoms with E-state index in [1.807, 2.05) is 4.90 Å². The Morgan fingerprint density at radius 3 is 2.19 bits per heavy atom. The van der Waals surface area contributed by atoms with Crippen molar-refractivity contribution in [1.29, 1.82) is 0 Å². The maximum absolute atomic E-state index is 12.7. The number of aromatic nitrogens is 1. The number of amides is 1. The van der Waals surface area contributed by atoms with Gasteiger partial charge in [-0.3, -0.25) is 24.5 Å². The quantitative estimate of drug-likeness (QED) is 0.376. The molecule has 0 unspecified atom stereocenters. The topological polar surface area (TPSA) is 117 Å². The zero-order chi connectivity index (χ0) is 22.7. The summed E-state index contributed by atoms with van der Waals surface area (Å²) >= 11 is 0. The summed E-state index contributed by atoms with van der Waals surface area (Å²) < 4.78 is 0. The minimum atomic E-state index is -0.491. The van der Waals surface area contributed by atoms with Gasteiger partial charge in [0.05, 0.1) is 10.5 Å². The average molecular weight is 432 g/mol. The number of anilines is 1. The number of rotatable bonds is 5. The van der Waals surface area contributed by atoms with Crippen LogP contribution in [0, 0.1) is 10.1 Å². The highest BCUT2D eigenvalue weighted by atomic mass is 16.6. The van der Waals surface area contributed by atoms with Crippen molar-refractivity contribution in [2.75, 3.05) is 31.1 Å². The molecule has 162 valence electrons. The first-order valence-electron chi connectivity index (χ1n) is 10.1. The molecule has 0 radical (unpaired) electrons. The van der Waals surface area contributed by atoms with Gasteiger partial charge < -0.3 is 14.8 Å². The van der Waals surface area contributed by atoms with Gasteiger partial charge in [0.25, 0.3) is 11.6 Å². The molecule has 0 saturated carbocycles. The van der Waals surface area contributed by atoms with Gasteiger partial charge in [0, 0.05) is 55.6 Å². The molecule has 1 aliphatic rings. The van der Waals surface area contributed by atoms with Gasteiger partial charge in [-0.15, -0.1) is 0 Å². The zero-order valence-electron chi connectivity index (χ0n) is 17.1. The van der Waals surface area contributed by atoms with E-state index in [0.717, 1.165) is 0 Å². The number of carbonyl (C=O) groups is 2. The van der Waals surface area contributed by atoms with E-state index in [1.165, 1.54) is 24.4 Å². The fourth-order valence-corrected chi connectivity index (χ4v) is 3.71. The average Bonchev–Trinajstić information content (AvgIpc) is 2.84. The van der Waals surface area contributed by atoms with Gasteiger partial charge >= 0.3 is 0 Å². The molecule has 0 spiro atoms. The molecule has 0 aliphatic carbocycles. The van der Waals surface area contributed by atoms with Crippen LogP contribution < -0.4 is 10.5 Å². The summed E-state index contributed by atoms with van der Waals surface area (Å²) in [7, 11) is 0. The monoisotopic (exact) mass is 432 g/mol. The van der Waals surface area contributed by atoms with Crippen molar-refractivity contribution in [3.05, 3.63) is 104 Å². The normalized spacial score (nSPS) is 13.6. The molecule has 9 nitrogen and oxygen atoms in total. The highest BCUT2D eigenvalue weighted by Crippen LogP contribution is 2.31. The molecule has 0 atom stereocenters. The molecule has 0 bridgehead atoms. The van der Waals surface area contributed by atoms with Crippen LogP contribution in [0.2, 0.25) is 0 Å². The van der Waals surface area contributed by atoms with E-state index < -0.39 is 4.92 Å². The number of ketones is 1. The lowest BCUT2D eigenvalue weighted by Crippen LogP contribution is -2.49. The van der Waals surface area contributed by atoms with Crippen molar-refractivity contribution in [2.24, 2.45) is 0 Å². The molecule has 1 saturated heterocycles. The second-order valence-corrected chi connectivity index (χ2v) is 7.38. The first-order chi connectivity index (χ1) is 15.4. The molecular weight excluding hydrogens is 412 g/mol. The number of hydrogen-bond acceptors (Lipinski definition) is 6. The highest BCUT2D eigenvalue weighted by molar-refractivity contribution is 6.09. The predicted molar refractivity (Wildman–Crippen MR) is 118 cm³/mol. The van der Waals surface area contributed by atoms with Crippen LogP contribution in [-0.4, -0.2) is 52.7 Å². The molecule has 1 fully saturated rings. The molecule has 1 aliphatic heterocycles. The smallest absolute Gasteiger partial charge is 0.293 e. The number of nitrogens with zero attached hydrogens (tertiary/aromatic N) is 3. The molecule has 2 aromatic carbocycles.